The largest absolute Gasteiger partial charge is 0.358 e. The number of aromatic amines is 1. The second kappa shape index (κ2) is 8.41. The molecule has 0 saturated heterocycles. The zero-order chi connectivity index (χ0) is 20.2. The maximum atomic E-state index is 13.7. The minimum atomic E-state index is -0.393. The van der Waals surface area contributed by atoms with Gasteiger partial charge in [0.25, 0.3) is 0 Å². The Hall–Kier alpha value is -3.24. The third-order valence-electron chi connectivity index (χ3n) is 5.30. The van der Waals surface area contributed by atoms with Crippen molar-refractivity contribution < 1.29 is 9.29 Å². The van der Waals surface area contributed by atoms with Gasteiger partial charge in [0.1, 0.15) is 25.5 Å². The SMILES string of the molecule is Cc1[nH]c2ccc(F)cc2c(=O)c1C[NH+](Cc1ccccc1)Cc1ccccc1. The zero-order valence-electron chi connectivity index (χ0n) is 16.4. The number of benzene rings is 3. The van der Waals surface area contributed by atoms with E-state index in [2.05, 4.69) is 29.2 Å². The molecule has 0 unspecified atom stereocenters. The first-order chi connectivity index (χ1) is 14.1. The van der Waals surface area contributed by atoms with Crippen LogP contribution in [-0.2, 0) is 19.6 Å². The molecule has 0 fully saturated rings. The first-order valence-electron chi connectivity index (χ1n) is 9.82. The van der Waals surface area contributed by atoms with Crippen LogP contribution in [0.4, 0.5) is 4.39 Å². The highest BCUT2D eigenvalue weighted by molar-refractivity contribution is 5.79. The molecule has 1 heterocycles. The van der Waals surface area contributed by atoms with Crippen molar-refractivity contribution >= 4 is 10.9 Å². The fourth-order valence-electron chi connectivity index (χ4n) is 3.84. The number of nitrogens with one attached hydrogen (secondary N) is 2. The molecule has 3 nitrogen and oxygen atoms in total. The van der Waals surface area contributed by atoms with Crippen molar-refractivity contribution in [1.82, 2.24) is 4.98 Å². The van der Waals surface area contributed by atoms with E-state index in [9.17, 15) is 9.18 Å². The van der Waals surface area contributed by atoms with Crippen molar-refractivity contribution in [2.45, 2.75) is 26.6 Å². The number of rotatable bonds is 6. The molecule has 4 heteroatoms. The molecule has 0 aliphatic carbocycles. The third-order valence-corrected chi connectivity index (χ3v) is 5.30. The molecule has 0 amide bonds. The number of H-pyrrole nitrogens is 1. The molecule has 0 bridgehead atoms. The Morgan fingerprint density at radius 2 is 1.41 bits per heavy atom. The highest BCUT2D eigenvalue weighted by Crippen LogP contribution is 2.13. The van der Waals surface area contributed by atoms with Crippen LogP contribution >= 0.6 is 0 Å². The molecule has 4 rings (SSSR count). The first kappa shape index (κ1) is 19.1. The Kier molecular flexibility index (Phi) is 5.54. The lowest BCUT2D eigenvalue weighted by Gasteiger charge is -2.21. The van der Waals surface area contributed by atoms with Crippen LogP contribution in [0.5, 0.6) is 0 Å². The standard InChI is InChI=1S/C25H23FN2O/c1-18-23(25(29)22-14-21(26)12-13-24(22)27-18)17-28(15-19-8-4-2-5-9-19)16-20-10-6-3-7-11-20/h2-14H,15-17H2,1H3,(H,27,29)/p+1. The summed E-state index contributed by atoms with van der Waals surface area (Å²) in [6.45, 7) is 4.09. The van der Waals surface area contributed by atoms with E-state index >= 15 is 0 Å². The normalized spacial score (nSPS) is 11.3. The number of hydrogen-bond donors (Lipinski definition) is 2. The average Bonchev–Trinajstić information content (AvgIpc) is 2.73. The Bertz CT molecular complexity index is 1130. The molecule has 0 atom stereocenters. The summed E-state index contributed by atoms with van der Waals surface area (Å²) in [6, 6.07) is 24.9. The maximum Gasteiger partial charge on any atom is 0.198 e. The number of fused-ring (bicyclic) bond motifs is 1. The molecule has 29 heavy (non-hydrogen) atoms. The Balaban J connectivity index is 1.70. The van der Waals surface area contributed by atoms with Crippen molar-refractivity contribution in [3.8, 4) is 0 Å². The summed E-state index contributed by atoms with van der Waals surface area (Å²) in [5, 5.41) is 0.407. The molecule has 0 radical (unpaired) electrons. The summed E-state index contributed by atoms with van der Waals surface area (Å²) in [7, 11) is 0. The van der Waals surface area contributed by atoms with E-state index in [-0.39, 0.29) is 5.43 Å². The van der Waals surface area contributed by atoms with Crippen LogP contribution < -0.4 is 10.3 Å². The number of hydrogen-bond acceptors (Lipinski definition) is 1. The predicted molar refractivity (Wildman–Crippen MR) is 114 cm³/mol. The van der Waals surface area contributed by atoms with Gasteiger partial charge in [0.2, 0.25) is 0 Å². The summed E-state index contributed by atoms with van der Waals surface area (Å²) in [6.07, 6.45) is 0. The highest BCUT2D eigenvalue weighted by atomic mass is 19.1. The molecule has 0 aliphatic rings. The van der Waals surface area contributed by atoms with E-state index in [4.69, 9.17) is 0 Å². The smallest absolute Gasteiger partial charge is 0.198 e. The van der Waals surface area contributed by atoms with E-state index in [0.29, 0.717) is 23.0 Å². The predicted octanol–water partition coefficient (Wildman–Crippen LogP) is 3.76. The number of aryl methyl sites for hydroxylation is 1. The molecule has 4 aromatic rings. The van der Waals surface area contributed by atoms with Crippen LogP contribution in [-0.4, -0.2) is 4.98 Å². The topological polar surface area (TPSA) is 37.3 Å². The molecule has 146 valence electrons. The van der Waals surface area contributed by atoms with Crippen LogP contribution in [0.25, 0.3) is 10.9 Å². The summed E-state index contributed by atoms with van der Waals surface area (Å²) in [4.78, 5) is 17.7. The molecule has 0 aliphatic heterocycles. The van der Waals surface area contributed by atoms with E-state index in [1.807, 2.05) is 43.3 Å². The van der Waals surface area contributed by atoms with Gasteiger partial charge in [-0.05, 0) is 25.1 Å². The van der Waals surface area contributed by atoms with Crippen molar-refractivity contribution in [3.63, 3.8) is 0 Å². The second-order valence-electron chi connectivity index (χ2n) is 7.50. The van der Waals surface area contributed by atoms with Gasteiger partial charge in [-0.15, -0.1) is 0 Å². The van der Waals surface area contributed by atoms with Crippen LogP contribution in [0.1, 0.15) is 22.4 Å². The quantitative estimate of drug-likeness (QED) is 0.519. The fraction of sp³-hybridized carbons (Fsp3) is 0.160. The van der Waals surface area contributed by atoms with Crippen LogP contribution in [0.15, 0.2) is 83.7 Å². The summed E-state index contributed by atoms with van der Waals surface area (Å²) < 4.78 is 13.7. The molecule has 3 aromatic carbocycles. The van der Waals surface area contributed by atoms with Crippen molar-refractivity contribution in [2.24, 2.45) is 0 Å². The Morgan fingerprint density at radius 3 is 2.00 bits per heavy atom. The van der Waals surface area contributed by atoms with E-state index in [1.165, 1.54) is 28.2 Å². The van der Waals surface area contributed by atoms with Gasteiger partial charge >= 0.3 is 0 Å². The zero-order valence-corrected chi connectivity index (χ0v) is 16.4. The molecule has 1 aromatic heterocycles. The van der Waals surface area contributed by atoms with Crippen molar-refractivity contribution in [2.75, 3.05) is 0 Å². The maximum absolute atomic E-state index is 13.7. The highest BCUT2D eigenvalue weighted by Gasteiger charge is 2.18. The van der Waals surface area contributed by atoms with Gasteiger partial charge in [-0.1, -0.05) is 60.7 Å². The summed E-state index contributed by atoms with van der Waals surface area (Å²) in [5.74, 6) is -0.393. The number of halogens is 1. The Labute approximate surface area is 169 Å². The van der Waals surface area contributed by atoms with Crippen LogP contribution in [0.2, 0.25) is 0 Å². The number of aromatic nitrogens is 1. The van der Waals surface area contributed by atoms with Crippen molar-refractivity contribution in [3.05, 3.63) is 117 Å². The van der Waals surface area contributed by atoms with E-state index in [0.717, 1.165) is 18.8 Å². The lowest BCUT2D eigenvalue weighted by Crippen LogP contribution is -3.08. The Morgan fingerprint density at radius 1 is 0.828 bits per heavy atom. The first-order valence-corrected chi connectivity index (χ1v) is 9.82. The van der Waals surface area contributed by atoms with Gasteiger partial charge in [0, 0.05) is 27.7 Å². The van der Waals surface area contributed by atoms with Gasteiger partial charge in [-0.3, -0.25) is 4.79 Å². The lowest BCUT2D eigenvalue weighted by atomic mass is 10.1. The number of quaternary nitrogens is 1. The van der Waals surface area contributed by atoms with Crippen molar-refractivity contribution in [1.29, 1.82) is 0 Å². The molecule has 0 spiro atoms. The van der Waals surface area contributed by atoms with Gasteiger partial charge < -0.3 is 9.88 Å². The second-order valence-corrected chi connectivity index (χ2v) is 7.50. The van der Waals surface area contributed by atoms with Gasteiger partial charge in [-0.25, -0.2) is 4.39 Å². The lowest BCUT2D eigenvalue weighted by molar-refractivity contribution is -0.941. The van der Waals surface area contributed by atoms with E-state index < -0.39 is 5.82 Å². The van der Waals surface area contributed by atoms with Gasteiger partial charge in [0.05, 0.1) is 5.56 Å². The minimum Gasteiger partial charge on any atom is -0.358 e. The molecule has 2 N–H and O–H groups in total. The molecular formula is C25H24FN2O+. The van der Waals surface area contributed by atoms with Crippen LogP contribution in [0, 0.1) is 12.7 Å². The minimum absolute atomic E-state index is 0.0885. The number of pyridine rings is 1. The monoisotopic (exact) mass is 387 g/mol. The average molecular weight is 387 g/mol. The van der Waals surface area contributed by atoms with E-state index in [1.54, 1.807) is 6.07 Å². The fourth-order valence-corrected chi connectivity index (χ4v) is 3.84. The third kappa shape index (κ3) is 4.44. The molecule has 0 saturated carbocycles. The van der Waals surface area contributed by atoms with Gasteiger partial charge in [-0.2, -0.15) is 0 Å². The molecular weight excluding hydrogens is 363 g/mol. The van der Waals surface area contributed by atoms with Gasteiger partial charge in [0.15, 0.2) is 5.43 Å². The van der Waals surface area contributed by atoms with Crippen LogP contribution in [0.3, 0.4) is 0 Å². The summed E-state index contributed by atoms with van der Waals surface area (Å²) >= 11 is 0. The summed E-state index contributed by atoms with van der Waals surface area (Å²) in [5.41, 5.74) is 4.58.